The van der Waals surface area contributed by atoms with E-state index in [0.717, 1.165) is 11.8 Å². The maximum atomic E-state index is 13.5. The van der Waals surface area contributed by atoms with Crippen LogP contribution in [0.15, 0.2) is 94.0 Å². The molecule has 0 aromatic heterocycles. The van der Waals surface area contributed by atoms with Gasteiger partial charge in [-0.25, -0.2) is 9.18 Å². The van der Waals surface area contributed by atoms with Gasteiger partial charge in [-0.15, -0.1) is 0 Å². The molecular formula is C27H23FN2O6. The van der Waals surface area contributed by atoms with Crippen molar-refractivity contribution in [3.05, 3.63) is 94.6 Å². The third kappa shape index (κ3) is 4.28. The third-order valence-electron chi connectivity index (χ3n) is 6.44. The number of Topliss-reactive ketones (excluding diaryl/α,β-unsaturated/α-hetero) is 1. The number of ether oxygens (including phenoxy) is 2. The number of benzene rings is 1. The molecule has 5 rings (SSSR count). The van der Waals surface area contributed by atoms with Gasteiger partial charge >= 0.3 is 5.97 Å². The Bertz CT molecular complexity index is 1320. The Kier molecular flexibility index (Phi) is 6.13. The van der Waals surface area contributed by atoms with Crippen LogP contribution < -0.4 is 0 Å². The summed E-state index contributed by atoms with van der Waals surface area (Å²) in [4.78, 5) is 43.7. The first kappa shape index (κ1) is 23.5. The molecule has 4 aliphatic rings. The summed E-state index contributed by atoms with van der Waals surface area (Å²) in [6, 6.07) is 7.69. The molecule has 0 radical (unpaired) electrons. The van der Waals surface area contributed by atoms with Crippen LogP contribution in [0.1, 0.15) is 25.3 Å². The summed E-state index contributed by atoms with van der Waals surface area (Å²) in [5.41, 5.74) is 1.27. The van der Waals surface area contributed by atoms with E-state index in [1.165, 1.54) is 24.0 Å². The zero-order valence-corrected chi connectivity index (χ0v) is 19.4. The fraction of sp³-hybridized carbons (Fsp3) is 0.259. The molecule has 9 heteroatoms. The van der Waals surface area contributed by atoms with Crippen molar-refractivity contribution in [3.63, 3.8) is 0 Å². The summed E-state index contributed by atoms with van der Waals surface area (Å²) >= 11 is 0. The number of carbonyl (C=O) groups is 3. The lowest BCUT2D eigenvalue weighted by molar-refractivity contribution is -0.138. The number of aliphatic carboxylic acids is 1. The molecule has 8 nitrogen and oxygen atoms in total. The SMILES string of the molecule is CC(=O)C1=C(OCc2ccccc2)C2N=CC(CC3C=CC(F)=CC3)=C3OC(C(=O)O)=CN(C1=O)C32. The van der Waals surface area contributed by atoms with Crippen molar-refractivity contribution >= 4 is 23.9 Å². The number of ketones is 1. The number of halogens is 1. The monoisotopic (exact) mass is 490 g/mol. The van der Waals surface area contributed by atoms with E-state index in [2.05, 4.69) is 4.99 Å². The number of allylic oxidation sites excluding steroid dienone is 5. The van der Waals surface area contributed by atoms with Crippen molar-refractivity contribution in [3.8, 4) is 0 Å². The number of hydrogen-bond acceptors (Lipinski definition) is 6. The Morgan fingerprint density at radius 3 is 2.72 bits per heavy atom. The number of hydrogen-bond donors (Lipinski definition) is 1. The lowest BCUT2D eigenvalue weighted by Crippen LogP contribution is -2.55. The van der Waals surface area contributed by atoms with Gasteiger partial charge in [0.25, 0.3) is 5.91 Å². The molecule has 3 heterocycles. The number of amides is 1. The second kappa shape index (κ2) is 9.41. The lowest BCUT2D eigenvalue weighted by Gasteiger charge is -2.44. The molecule has 184 valence electrons. The fourth-order valence-corrected chi connectivity index (χ4v) is 4.72. The minimum absolute atomic E-state index is 0.0531. The van der Waals surface area contributed by atoms with Crippen LogP contribution in [-0.2, 0) is 30.5 Å². The van der Waals surface area contributed by atoms with Crippen LogP contribution in [0.3, 0.4) is 0 Å². The van der Waals surface area contributed by atoms with Crippen molar-refractivity contribution in [2.24, 2.45) is 10.9 Å². The third-order valence-corrected chi connectivity index (χ3v) is 6.44. The standard InChI is InChI=1S/C27H23FN2O6/c1-15(31)21-25(35-14-17-5-3-2-4-6-17)22-23-24(36-20(27(33)34)13-30(23)26(21)32)18(12-29-22)11-16-7-9-19(28)10-8-16/h2-7,9-10,12-13,16,22-23H,8,11,14H2,1H3,(H,33,34). The van der Waals surface area contributed by atoms with E-state index in [1.54, 1.807) is 12.3 Å². The molecule has 0 bridgehead atoms. The van der Waals surface area contributed by atoms with Gasteiger partial charge in [0, 0.05) is 11.8 Å². The minimum Gasteiger partial charge on any atom is -0.490 e. The second-order valence-electron chi connectivity index (χ2n) is 8.89. The molecule has 0 saturated heterocycles. The minimum atomic E-state index is -1.35. The molecule has 1 amide bonds. The summed E-state index contributed by atoms with van der Waals surface area (Å²) < 4.78 is 25.3. The van der Waals surface area contributed by atoms with Gasteiger partial charge in [0.2, 0.25) is 5.76 Å². The van der Waals surface area contributed by atoms with Crippen LogP contribution >= 0.6 is 0 Å². The molecule has 0 spiro atoms. The van der Waals surface area contributed by atoms with Crippen LogP contribution in [0.4, 0.5) is 4.39 Å². The molecule has 36 heavy (non-hydrogen) atoms. The quantitative estimate of drug-likeness (QED) is 0.584. The molecule has 1 aromatic carbocycles. The van der Waals surface area contributed by atoms with Crippen molar-refractivity contribution in [1.82, 2.24) is 4.90 Å². The molecule has 3 aliphatic heterocycles. The first-order chi connectivity index (χ1) is 17.3. The van der Waals surface area contributed by atoms with Gasteiger partial charge in [-0.2, -0.15) is 0 Å². The molecular weight excluding hydrogens is 467 g/mol. The lowest BCUT2D eigenvalue weighted by atomic mass is 9.85. The largest absolute Gasteiger partial charge is 0.490 e. The Hall–Kier alpha value is -4.27. The number of carboxylic acids is 1. The predicted molar refractivity (Wildman–Crippen MR) is 127 cm³/mol. The zero-order chi connectivity index (χ0) is 25.4. The first-order valence-electron chi connectivity index (χ1n) is 11.5. The Labute approximate surface area is 206 Å². The molecule has 1 N–H and O–H groups in total. The fourth-order valence-electron chi connectivity index (χ4n) is 4.72. The second-order valence-corrected chi connectivity index (χ2v) is 8.89. The molecule has 3 unspecified atom stereocenters. The average molecular weight is 490 g/mol. The number of dihydropyridines is 1. The van der Waals surface area contributed by atoms with E-state index >= 15 is 0 Å². The van der Waals surface area contributed by atoms with Crippen molar-refractivity contribution < 1.29 is 33.4 Å². The normalized spacial score (nSPS) is 24.7. The molecule has 0 saturated carbocycles. The Morgan fingerprint density at radius 1 is 1.28 bits per heavy atom. The van der Waals surface area contributed by atoms with Gasteiger partial charge < -0.3 is 14.6 Å². The Balaban J connectivity index is 1.56. The van der Waals surface area contributed by atoms with Crippen LogP contribution in [0.2, 0.25) is 0 Å². The number of aliphatic imine (C=N–C) groups is 1. The smallest absolute Gasteiger partial charge is 0.373 e. The summed E-state index contributed by atoms with van der Waals surface area (Å²) in [6.07, 6.45) is 8.15. The van der Waals surface area contributed by atoms with Gasteiger partial charge in [-0.3, -0.25) is 19.5 Å². The Morgan fingerprint density at radius 2 is 2.06 bits per heavy atom. The first-order valence-corrected chi connectivity index (χ1v) is 11.5. The summed E-state index contributed by atoms with van der Waals surface area (Å²) in [7, 11) is 0. The van der Waals surface area contributed by atoms with Crippen molar-refractivity contribution in [2.45, 2.75) is 38.5 Å². The van der Waals surface area contributed by atoms with E-state index < -0.39 is 35.5 Å². The van der Waals surface area contributed by atoms with Gasteiger partial charge in [0.05, 0.1) is 6.20 Å². The van der Waals surface area contributed by atoms with Crippen LogP contribution in [-0.4, -0.2) is 46.0 Å². The maximum Gasteiger partial charge on any atom is 0.373 e. The van der Waals surface area contributed by atoms with Gasteiger partial charge in [0.15, 0.2) is 5.78 Å². The van der Waals surface area contributed by atoms with E-state index in [1.807, 2.05) is 30.3 Å². The zero-order valence-electron chi connectivity index (χ0n) is 19.4. The van der Waals surface area contributed by atoms with Crippen molar-refractivity contribution in [2.75, 3.05) is 0 Å². The number of nitrogens with zero attached hydrogens (tertiary/aromatic N) is 2. The van der Waals surface area contributed by atoms with Gasteiger partial charge in [0.1, 0.15) is 41.6 Å². The van der Waals surface area contributed by atoms with E-state index in [4.69, 9.17) is 9.47 Å². The predicted octanol–water partition coefficient (Wildman–Crippen LogP) is 3.74. The molecule has 1 aromatic rings. The maximum absolute atomic E-state index is 13.5. The highest BCUT2D eigenvalue weighted by molar-refractivity contribution is 6.20. The average Bonchev–Trinajstić information content (AvgIpc) is 2.87. The highest BCUT2D eigenvalue weighted by Gasteiger charge is 2.51. The van der Waals surface area contributed by atoms with E-state index in [-0.39, 0.29) is 35.4 Å². The molecule has 0 fully saturated rings. The van der Waals surface area contributed by atoms with E-state index in [0.29, 0.717) is 18.4 Å². The topological polar surface area (TPSA) is 106 Å². The highest BCUT2D eigenvalue weighted by atomic mass is 19.1. The van der Waals surface area contributed by atoms with Gasteiger partial charge in [-0.05, 0) is 43.4 Å². The summed E-state index contributed by atoms with van der Waals surface area (Å²) in [6.45, 7) is 1.38. The number of rotatable bonds is 7. The van der Waals surface area contributed by atoms with Crippen LogP contribution in [0, 0.1) is 5.92 Å². The summed E-state index contributed by atoms with van der Waals surface area (Å²) in [5, 5.41) is 9.63. The van der Waals surface area contributed by atoms with Crippen LogP contribution in [0.25, 0.3) is 0 Å². The number of carbonyl (C=O) groups excluding carboxylic acids is 2. The molecule has 3 atom stereocenters. The van der Waals surface area contributed by atoms with Crippen molar-refractivity contribution in [1.29, 1.82) is 0 Å². The van der Waals surface area contributed by atoms with Crippen LogP contribution in [0.5, 0.6) is 0 Å². The molecule has 1 aliphatic carbocycles. The number of carboxylic acid groups (broad SMARTS) is 1. The highest BCUT2D eigenvalue weighted by Crippen LogP contribution is 2.41. The summed E-state index contributed by atoms with van der Waals surface area (Å²) in [5.74, 6) is -2.95. The van der Waals surface area contributed by atoms with Gasteiger partial charge in [-0.1, -0.05) is 36.4 Å². The van der Waals surface area contributed by atoms with E-state index in [9.17, 15) is 23.9 Å².